The molecule has 0 aliphatic carbocycles. The number of halogens is 1. The summed E-state index contributed by atoms with van der Waals surface area (Å²) in [6.07, 6.45) is 1.67. The number of rotatable bonds is 5. The molecule has 2 aromatic heterocycles. The van der Waals surface area contributed by atoms with Crippen LogP contribution in [0.5, 0.6) is 5.88 Å². The smallest absolute Gasteiger partial charge is 0.262 e. The molecule has 1 amide bonds. The molecular weight excluding hydrogens is 328 g/mol. The van der Waals surface area contributed by atoms with E-state index in [9.17, 15) is 4.79 Å². The van der Waals surface area contributed by atoms with Crippen LogP contribution < -0.4 is 10.1 Å². The number of hydrogen-bond donors (Lipinski definition) is 1. The van der Waals surface area contributed by atoms with Gasteiger partial charge in [-0.15, -0.1) is 11.3 Å². The average molecular weight is 341 g/mol. The van der Waals surface area contributed by atoms with Gasteiger partial charge in [0.05, 0.1) is 6.61 Å². The molecule has 1 N–H and O–H groups in total. The maximum Gasteiger partial charge on any atom is 0.262 e. The third-order valence-corrected chi connectivity index (χ3v) is 4.23. The van der Waals surface area contributed by atoms with Crippen molar-refractivity contribution < 1.29 is 9.53 Å². The van der Waals surface area contributed by atoms with E-state index in [1.54, 1.807) is 6.20 Å². The monoisotopic (exact) mass is 340 g/mol. The van der Waals surface area contributed by atoms with Crippen molar-refractivity contribution in [1.82, 2.24) is 10.3 Å². The lowest BCUT2D eigenvalue weighted by atomic mass is 10.2. The Hall–Kier alpha value is -1.40. The van der Waals surface area contributed by atoms with Crippen LogP contribution >= 0.6 is 27.3 Å². The summed E-state index contributed by atoms with van der Waals surface area (Å²) in [6.45, 7) is 2.85. The molecule has 2 rings (SSSR count). The summed E-state index contributed by atoms with van der Waals surface area (Å²) in [5.74, 6) is 0.462. The second-order valence-electron chi connectivity index (χ2n) is 3.68. The molecule has 100 valence electrons. The number of nitrogens with zero attached hydrogens (tertiary/aromatic N) is 1. The number of pyridine rings is 1. The second-order valence-corrected chi connectivity index (χ2v) is 5.45. The van der Waals surface area contributed by atoms with Gasteiger partial charge in [0.2, 0.25) is 5.88 Å². The van der Waals surface area contributed by atoms with E-state index in [1.165, 1.54) is 11.3 Å². The Labute approximate surface area is 124 Å². The number of thiophene rings is 1. The SMILES string of the molecule is CCOc1ncccc1CNC(=O)c1sccc1Br. The van der Waals surface area contributed by atoms with Gasteiger partial charge in [-0.1, -0.05) is 6.07 Å². The standard InChI is InChI=1S/C13H13BrN2O2S/c1-2-18-13-9(4-3-6-15-13)8-16-12(17)11-10(14)5-7-19-11/h3-7H,2,8H2,1H3,(H,16,17). The van der Waals surface area contributed by atoms with Crippen molar-refractivity contribution in [2.45, 2.75) is 13.5 Å². The highest BCUT2D eigenvalue weighted by atomic mass is 79.9. The van der Waals surface area contributed by atoms with Crippen LogP contribution in [0.3, 0.4) is 0 Å². The number of carbonyl (C=O) groups is 1. The Morgan fingerprint density at radius 3 is 3.05 bits per heavy atom. The van der Waals surface area contributed by atoms with Crippen LogP contribution in [0.15, 0.2) is 34.2 Å². The molecule has 0 bridgehead atoms. The molecular formula is C13H13BrN2O2S. The quantitative estimate of drug-likeness (QED) is 0.908. The lowest BCUT2D eigenvalue weighted by molar-refractivity contribution is 0.0954. The molecule has 0 atom stereocenters. The molecule has 0 unspecified atom stereocenters. The largest absolute Gasteiger partial charge is 0.478 e. The zero-order valence-electron chi connectivity index (χ0n) is 10.4. The number of carbonyl (C=O) groups excluding carboxylic acids is 1. The molecule has 0 saturated heterocycles. The minimum Gasteiger partial charge on any atom is -0.478 e. The Bertz CT molecular complexity index is 571. The highest BCUT2D eigenvalue weighted by Crippen LogP contribution is 2.22. The summed E-state index contributed by atoms with van der Waals surface area (Å²) in [5.41, 5.74) is 0.866. The molecule has 4 nitrogen and oxygen atoms in total. The van der Waals surface area contributed by atoms with E-state index < -0.39 is 0 Å². The predicted molar refractivity (Wildman–Crippen MR) is 78.6 cm³/mol. The van der Waals surface area contributed by atoms with Gasteiger partial charge in [-0.05, 0) is 40.4 Å². The Kier molecular flexibility index (Phi) is 4.93. The van der Waals surface area contributed by atoms with Gasteiger partial charge in [0.1, 0.15) is 4.88 Å². The fourth-order valence-electron chi connectivity index (χ4n) is 1.54. The summed E-state index contributed by atoms with van der Waals surface area (Å²) in [6, 6.07) is 5.57. The van der Waals surface area contributed by atoms with Gasteiger partial charge in [-0.3, -0.25) is 4.79 Å². The molecule has 0 aromatic carbocycles. The van der Waals surface area contributed by atoms with E-state index in [1.807, 2.05) is 30.5 Å². The topological polar surface area (TPSA) is 51.2 Å². The van der Waals surface area contributed by atoms with Gasteiger partial charge < -0.3 is 10.1 Å². The van der Waals surface area contributed by atoms with Crippen LogP contribution in [-0.2, 0) is 6.54 Å². The molecule has 2 heterocycles. The molecule has 0 radical (unpaired) electrons. The molecule has 0 spiro atoms. The lowest BCUT2D eigenvalue weighted by Crippen LogP contribution is -2.22. The fraction of sp³-hybridized carbons (Fsp3) is 0.231. The first-order chi connectivity index (χ1) is 9.22. The van der Waals surface area contributed by atoms with Gasteiger partial charge in [0, 0.05) is 22.8 Å². The van der Waals surface area contributed by atoms with Gasteiger partial charge in [0.25, 0.3) is 5.91 Å². The summed E-state index contributed by atoms with van der Waals surface area (Å²) < 4.78 is 6.23. The number of ether oxygens (including phenoxy) is 1. The van der Waals surface area contributed by atoms with E-state index >= 15 is 0 Å². The van der Waals surface area contributed by atoms with Gasteiger partial charge >= 0.3 is 0 Å². The normalized spacial score (nSPS) is 10.2. The third kappa shape index (κ3) is 3.54. The molecule has 0 fully saturated rings. The van der Waals surface area contributed by atoms with Crippen molar-refractivity contribution in [3.05, 3.63) is 44.7 Å². The van der Waals surface area contributed by atoms with Crippen LogP contribution in [0.25, 0.3) is 0 Å². The Morgan fingerprint density at radius 2 is 2.37 bits per heavy atom. The third-order valence-electron chi connectivity index (χ3n) is 2.39. The van der Waals surface area contributed by atoms with E-state index in [2.05, 4.69) is 26.2 Å². The number of nitrogens with one attached hydrogen (secondary N) is 1. The van der Waals surface area contributed by atoms with Gasteiger partial charge in [0.15, 0.2) is 0 Å². The Balaban J connectivity index is 2.03. The van der Waals surface area contributed by atoms with Crippen molar-refractivity contribution in [3.8, 4) is 5.88 Å². The molecule has 0 aliphatic rings. The minimum atomic E-state index is -0.104. The number of aromatic nitrogens is 1. The Morgan fingerprint density at radius 1 is 1.53 bits per heavy atom. The summed E-state index contributed by atoms with van der Waals surface area (Å²) in [4.78, 5) is 16.8. The van der Waals surface area contributed by atoms with Crippen molar-refractivity contribution in [1.29, 1.82) is 0 Å². The van der Waals surface area contributed by atoms with Crippen molar-refractivity contribution in [2.75, 3.05) is 6.61 Å². The van der Waals surface area contributed by atoms with E-state index in [0.717, 1.165) is 10.0 Å². The zero-order chi connectivity index (χ0) is 13.7. The van der Waals surface area contributed by atoms with Crippen molar-refractivity contribution in [2.24, 2.45) is 0 Å². The second kappa shape index (κ2) is 6.68. The van der Waals surface area contributed by atoms with E-state index in [0.29, 0.717) is 23.9 Å². The first kappa shape index (κ1) is 14.0. The zero-order valence-corrected chi connectivity index (χ0v) is 12.8. The summed E-state index contributed by atoms with van der Waals surface area (Å²) >= 11 is 4.75. The maximum absolute atomic E-state index is 12.0. The highest BCUT2D eigenvalue weighted by Gasteiger charge is 2.12. The highest BCUT2D eigenvalue weighted by molar-refractivity contribution is 9.10. The van der Waals surface area contributed by atoms with E-state index in [4.69, 9.17) is 4.74 Å². The predicted octanol–water partition coefficient (Wildman–Crippen LogP) is 3.23. The first-order valence-electron chi connectivity index (χ1n) is 5.80. The van der Waals surface area contributed by atoms with Gasteiger partial charge in [-0.25, -0.2) is 4.98 Å². The summed E-state index contributed by atoms with van der Waals surface area (Å²) in [5, 5.41) is 4.73. The van der Waals surface area contributed by atoms with Crippen LogP contribution in [0.2, 0.25) is 0 Å². The molecule has 0 aliphatic heterocycles. The van der Waals surface area contributed by atoms with Crippen LogP contribution in [0.4, 0.5) is 0 Å². The molecule has 6 heteroatoms. The maximum atomic E-state index is 12.0. The number of hydrogen-bond acceptors (Lipinski definition) is 4. The fourth-order valence-corrected chi connectivity index (χ4v) is 3.00. The lowest BCUT2D eigenvalue weighted by Gasteiger charge is -2.09. The number of amides is 1. The minimum absolute atomic E-state index is 0.104. The first-order valence-corrected chi connectivity index (χ1v) is 7.47. The average Bonchev–Trinajstić information content (AvgIpc) is 2.84. The van der Waals surface area contributed by atoms with E-state index in [-0.39, 0.29) is 5.91 Å². The van der Waals surface area contributed by atoms with Crippen molar-refractivity contribution >= 4 is 33.2 Å². The molecule has 0 saturated carbocycles. The summed E-state index contributed by atoms with van der Waals surface area (Å²) in [7, 11) is 0. The van der Waals surface area contributed by atoms with Crippen LogP contribution in [0, 0.1) is 0 Å². The van der Waals surface area contributed by atoms with Crippen LogP contribution in [-0.4, -0.2) is 17.5 Å². The molecule has 19 heavy (non-hydrogen) atoms. The van der Waals surface area contributed by atoms with Crippen molar-refractivity contribution in [3.63, 3.8) is 0 Å². The molecule has 2 aromatic rings. The van der Waals surface area contributed by atoms with Gasteiger partial charge in [-0.2, -0.15) is 0 Å². The van der Waals surface area contributed by atoms with Crippen LogP contribution in [0.1, 0.15) is 22.2 Å².